The number of benzene rings is 5. The number of aromatic nitrogens is 3. The van der Waals surface area contributed by atoms with E-state index in [-0.39, 0.29) is 0 Å². The highest BCUT2D eigenvalue weighted by atomic mass is 16.5. The average molecular weight is 735 g/mol. The Bertz CT molecular complexity index is 2260. The van der Waals surface area contributed by atoms with Crippen LogP contribution in [0.1, 0.15) is 80.8 Å². The summed E-state index contributed by atoms with van der Waals surface area (Å²) in [7, 11) is 0. The molecule has 3 heterocycles. The molecule has 9 unspecified atom stereocenters. The largest absolute Gasteiger partial charge is 0.372 e. The van der Waals surface area contributed by atoms with E-state index in [0.717, 1.165) is 16.7 Å². The van der Waals surface area contributed by atoms with Crippen molar-refractivity contribution in [1.29, 1.82) is 0 Å². The predicted molar refractivity (Wildman–Crippen MR) is 224 cm³/mol. The fourth-order valence-corrected chi connectivity index (χ4v) is 11.9. The van der Waals surface area contributed by atoms with E-state index in [4.69, 9.17) is 19.7 Å². The van der Waals surface area contributed by atoms with Gasteiger partial charge in [-0.3, -0.25) is 4.90 Å². The summed E-state index contributed by atoms with van der Waals surface area (Å²) < 4.78 is 7.09. The molecule has 3 saturated carbocycles. The Kier molecular flexibility index (Phi) is 8.89. The molecule has 0 radical (unpaired) electrons. The third-order valence-corrected chi connectivity index (χ3v) is 14.2. The highest BCUT2D eigenvalue weighted by Crippen LogP contribution is 2.60. The van der Waals surface area contributed by atoms with Crippen LogP contribution in [0.2, 0.25) is 0 Å². The fourth-order valence-electron chi connectivity index (χ4n) is 11.9. The van der Waals surface area contributed by atoms with Crippen molar-refractivity contribution in [2.75, 3.05) is 0 Å². The molecule has 3 aliphatic carbocycles. The quantitative estimate of drug-likeness (QED) is 0.171. The lowest BCUT2D eigenvalue weighted by molar-refractivity contribution is -0.179. The Morgan fingerprint density at radius 3 is 1.79 bits per heavy atom. The van der Waals surface area contributed by atoms with E-state index in [1.54, 1.807) is 5.56 Å². The van der Waals surface area contributed by atoms with Gasteiger partial charge in [0.2, 0.25) is 0 Å². The van der Waals surface area contributed by atoms with Crippen LogP contribution in [0.4, 0.5) is 0 Å². The molecule has 56 heavy (non-hydrogen) atoms. The minimum Gasteiger partial charge on any atom is -0.372 e. The number of ether oxygens (including phenoxy) is 1. The van der Waals surface area contributed by atoms with Gasteiger partial charge in [-0.15, -0.1) is 0 Å². The third kappa shape index (κ3) is 6.11. The van der Waals surface area contributed by atoms with Gasteiger partial charge in [-0.1, -0.05) is 146 Å². The van der Waals surface area contributed by atoms with Crippen molar-refractivity contribution >= 4 is 0 Å². The van der Waals surface area contributed by atoms with Gasteiger partial charge in [0.25, 0.3) is 0 Å². The van der Waals surface area contributed by atoms with Crippen molar-refractivity contribution in [1.82, 2.24) is 19.9 Å². The summed E-state index contributed by atoms with van der Waals surface area (Å²) in [6.07, 6.45) is 12.4. The number of rotatable bonds is 6. The van der Waals surface area contributed by atoms with Crippen LogP contribution in [0, 0.1) is 11.8 Å². The molecule has 9 atom stereocenters. The van der Waals surface area contributed by atoms with Gasteiger partial charge in [-0.2, -0.15) is 0 Å². The molecule has 5 aliphatic rings. The second kappa shape index (κ2) is 14.5. The third-order valence-electron chi connectivity index (χ3n) is 14.2. The summed E-state index contributed by atoms with van der Waals surface area (Å²) in [6, 6.07) is 52.1. The summed E-state index contributed by atoms with van der Waals surface area (Å²) >= 11 is 0. The van der Waals surface area contributed by atoms with Gasteiger partial charge in [0.15, 0.2) is 17.5 Å². The Balaban J connectivity index is 0.913. The molecular weight excluding hydrogens is 685 g/mol. The summed E-state index contributed by atoms with van der Waals surface area (Å²) in [4.78, 5) is 18.1. The molecule has 5 aromatic carbocycles. The molecule has 5 fully saturated rings. The Hall–Kier alpha value is -4.97. The predicted octanol–water partition coefficient (Wildman–Crippen LogP) is 11.4. The molecule has 0 bridgehead atoms. The minimum absolute atomic E-state index is 0.399. The summed E-state index contributed by atoms with van der Waals surface area (Å²) in [5, 5.41) is 0. The smallest absolute Gasteiger partial charge is 0.164 e. The Labute approximate surface area is 331 Å². The first kappa shape index (κ1) is 34.3. The van der Waals surface area contributed by atoms with E-state index in [9.17, 15) is 0 Å². The molecule has 5 nitrogen and oxygen atoms in total. The van der Waals surface area contributed by atoms with Gasteiger partial charge >= 0.3 is 0 Å². The normalized spacial score (nSPS) is 29.5. The van der Waals surface area contributed by atoms with Crippen molar-refractivity contribution in [2.45, 2.75) is 100.0 Å². The summed E-state index contributed by atoms with van der Waals surface area (Å²) in [5.41, 5.74) is 8.45. The van der Waals surface area contributed by atoms with E-state index in [1.807, 2.05) is 36.4 Å². The Morgan fingerprint density at radius 1 is 0.464 bits per heavy atom. The van der Waals surface area contributed by atoms with Crippen molar-refractivity contribution in [2.24, 2.45) is 11.8 Å². The maximum absolute atomic E-state index is 7.09. The number of fused-ring (bicyclic) bond motifs is 5. The molecule has 6 aromatic rings. The van der Waals surface area contributed by atoms with Crippen LogP contribution in [0.25, 0.3) is 45.3 Å². The molecule has 2 aliphatic heterocycles. The van der Waals surface area contributed by atoms with Gasteiger partial charge in [0, 0.05) is 34.8 Å². The van der Waals surface area contributed by atoms with E-state index in [2.05, 4.69) is 108 Å². The minimum atomic E-state index is 0.399. The number of hydrogen-bond donors (Lipinski definition) is 0. The van der Waals surface area contributed by atoms with Gasteiger partial charge < -0.3 is 4.74 Å². The van der Waals surface area contributed by atoms with Crippen molar-refractivity contribution in [3.8, 4) is 45.3 Å². The molecule has 11 rings (SSSR count). The summed E-state index contributed by atoms with van der Waals surface area (Å²) in [5.74, 6) is 4.60. The van der Waals surface area contributed by atoms with Gasteiger partial charge in [0.1, 0.15) is 0 Å². The van der Waals surface area contributed by atoms with Crippen LogP contribution >= 0.6 is 0 Å². The zero-order valence-corrected chi connectivity index (χ0v) is 32.0. The molecule has 0 amide bonds. The van der Waals surface area contributed by atoms with Crippen LogP contribution in [0.15, 0.2) is 140 Å². The molecule has 5 heteroatoms. The number of nitrogens with zero attached hydrogens (tertiary/aromatic N) is 4. The molecule has 0 N–H and O–H groups in total. The monoisotopic (exact) mass is 734 g/mol. The highest BCUT2D eigenvalue weighted by molar-refractivity contribution is 5.73. The fraction of sp³-hybridized carbons (Fsp3) is 0.353. The molecule has 280 valence electrons. The highest BCUT2D eigenvalue weighted by Gasteiger charge is 2.62. The van der Waals surface area contributed by atoms with E-state index in [0.29, 0.717) is 71.5 Å². The zero-order valence-electron chi connectivity index (χ0n) is 32.0. The second-order valence-corrected chi connectivity index (χ2v) is 17.2. The van der Waals surface area contributed by atoms with Gasteiger partial charge in [-0.05, 0) is 96.9 Å². The van der Waals surface area contributed by atoms with Crippen molar-refractivity contribution in [3.63, 3.8) is 0 Å². The first-order valence-corrected chi connectivity index (χ1v) is 21.3. The van der Waals surface area contributed by atoms with Crippen LogP contribution in [-0.2, 0) is 4.74 Å². The maximum atomic E-state index is 7.09. The summed E-state index contributed by atoms with van der Waals surface area (Å²) in [6.45, 7) is 0. The Morgan fingerprint density at radius 2 is 1.05 bits per heavy atom. The van der Waals surface area contributed by atoms with Gasteiger partial charge in [-0.25, -0.2) is 15.0 Å². The number of hydrogen-bond acceptors (Lipinski definition) is 5. The van der Waals surface area contributed by atoms with Crippen LogP contribution < -0.4 is 0 Å². The van der Waals surface area contributed by atoms with Crippen molar-refractivity contribution < 1.29 is 4.74 Å². The average Bonchev–Trinajstić information content (AvgIpc) is 3.63. The van der Waals surface area contributed by atoms with Crippen LogP contribution in [-0.4, -0.2) is 50.2 Å². The molecule has 2 saturated heterocycles. The molecular formula is C51H50N4O. The second-order valence-electron chi connectivity index (χ2n) is 17.2. The topological polar surface area (TPSA) is 51.1 Å². The van der Waals surface area contributed by atoms with Crippen LogP contribution in [0.5, 0.6) is 0 Å². The van der Waals surface area contributed by atoms with E-state index >= 15 is 0 Å². The molecule has 0 spiro atoms. The zero-order chi connectivity index (χ0) is 37.0. The van der Waals surface area contributed by atoms with Crippen molar-refractivity contribution in [3.05, 3.63) is 151 Å². The first-order chi connectivity index (χ1) is 27.7. The lowest BCUT2D eigenvalue weighted by Crippen LogP contribution is -2.63. The van der Waals surface area contributed by atoms with Crippen LogP contribution in [0.3, 0.4) is 0 Å². The van der Waals surface area contributed by atoms with E-state index in [1.165, 1.54) is 74.5 Å². The van der Waals surface area contributed by atoms with E-state index < -0.39 is 0 Å². The first-order valence-electron chi connectivity index (χ1n) is 21.3. The number of morpholine rings is 1. The maximum Gasteiger partial charge on any atom is 0.164 e. The lowest BCUT2D eigenvalue weighted by Gasteiger charge is -2.54. The lowest BCUT2D eigenvalue weighted by atomic mass is 9.63. The van der Waals surface area contributed by atoms with Gasteiger partial charge in [0.05, 0.1) is 12.2 Å². The standard InChI is InChI=1S/C51H50N4O/c1-4-14-33(15-5-1)41-27-29-46-48-47(41)42-32-39(26-28-43(42)55(48)44-24-10-11-25-45(44)56-46)37-21-12-20-36(30-37)38-22-13-23-40(31-38)51-53-49(34-16-6-2-7-17-34)52-50(54-51)35-18-8-3-9-19-35/h1-9,12-23,30-31,39,41-48H,10-11,24-29,32H2. The molecule has 1 aromatic heterocycles. The SMILES string of the molecule is c1ccc(-c2nc(-c3ccccc3)nc(-c3cccc(-c4cccc(C5CCC6C(C5)C5C(c7ccccc7)CCC7OC8CCCCC8N6C75)c4)c3)n2)cc1.